The van der Waals surface area contributed by atoms with Crippen molar-refractivity contribution < 1.29 is 0 Å². The topological polar surface area (TPSA) is 49.8 Å². The Hall–Kier alpha value is -1.37. The first-order chi connectivity index (χ1) is 8.74. The highest BCUT2D eigenvalue weighted by molar-refractivity contribution is 14.1. The first-order valence-electron chi connectivity index (χ1n) is 5.78. The standard InChI is InChI=1S/C13H15IN4/c1-3-11-12(15-2)16-8-17-13(11)18-10-6-4-9(14)5-7-10/h4-8H,3H2,1-2H3,(H2,15,16,17,18). The molecule has 1 aromatic carbocycles. The zero-order valence-corrected chi connectivity index (χ0v) is 12.5. The average molecular weight is 354 g/mol. The third-order valence-corrected chi connectivity index (χ3v) is 3.36. The minimum absolute atomic E-state index is 0.859. The molecule has 0 aliphatic heterocycles. The van der Waals surface area contributed by atoms with Gasteiger partial charge in [-0.15, -0.1) is 0 Å². The van der Waals surface area contributed by atoms with Crippen molar-refractivity contribution in [3.63, 3.8) is 0 Å². The summed E-state index contributed by atoms with van der Waals surface area (Å²) >= 11 is 2.29. The molecule has 18 heavy (non-hydrogen) atoms. The van der Waals surface area contributed by atoms with Gasteiger partial charge in [-0.3, -0.25) is 0 Å². The van der Waals surface area contributed by atoms with Crippen LogP contribution in [0.5, 0.6) is 0 Å². The lowest BCUT2D eigenvalue weighted by Crippen LogP contribution is -2.04. The molecule has 2 aromatic rings. The molecule has 0 radical (unpaired) electrons. The van der Waals surface area contributed by atoms with Crippen LogP contribution in [0, 0.1) is 3.57 Å². The Bertz CT molecular complexity index is 525. The Labute approximate surface area is 120 Å². The Kier molecular flexibility index (Phi) is 4.35. The first-order valence-corrected chi connectivity index (χ1v) is 6.86. The fourth-order valence-corrected chi connectivity index (χ4v) is 2.10. The van der Waals surface area contributed by atoms with Gasteiger partial charge >= 0.3 is 0 Å². The van der Waals surface area contributed by atoms with Crippen molar-refractivity contribution in [2.75, 3.05) is 17.7 Å². The summed E-state index contributed by atoms with van der Waals surface area (Å²) in [4.78, 5) is 8.53. The van der Waals surface area contributed by atoms with Gasteiger partial charge in [-0.25, -0.2) is 9.97 Å². The smallest absolute Gasteiger partial charge is 0.139 e. The lowest BCUT2D eigenvalue weighted by atomic mass is 10.2. The predicted molar refractivity (Wildman–Crippen MR) is 83.4 cm³/mol. The van der Waals surface area contributed by atoms with Crippen LogP contribution < -0.4 is 10.6 Å². The zero-order chi connectivity index (χ0) is 13.0. The average Bonchev–Trinajstić information content (AvgIpc) is 2.41. The molecule has 4 nitrogen and oxygen atoms in total. The van der Waals surface area contributed by atoms with E-state index >= 15 is 0 Å². The minimum Gasteiger partial charge on any atom is -0.373 e. The predicted octanol–water partition coefficient (Wildman–Crippen LogP) is 3.43. The first kappa shape index (κ1) is 13.1. The van der Waals surface area contributed by atoms with Gasteiger partial charge in [0.25, 0.3) is 0 Å². The van der Waals surface area contributed by atoms with E-state index in [1.165, 1.54) is 3.57 Å². The van der Waals surface area contributed by atoms with Crippen LogP contribution >= 0.6 is 22.6 Å². The van der Waals surface area contributed by atoms with E-state index in [2.05, 4.69) is 62.2 Å². The van der Waals surface area contributed by atoms with Gasteiger partial charge in [-0.2, -0.15) is 0 Å². The number of anilines is 3. The summed E-state index contributed by atoms with van der Waals surface area (Å²) in [5, 5.41) is 6.42. The van der Waals surface area contributed by atoms with E-state index in [0.717, 1.165) is 29.3 Å². The molecule has 0 bridgehead atoms. The van der Waals surface area contributed by atoms with Crippen LogP contribution in [0.3, 0.4) is 0 Å². The molecule has 0 aliphatic carbocycles. The van der Waals surface area contributed by atoms with E-state index in [1.54, 1.807) is 6.33 Å². The zero-order valence-electron chi connectivity index (χ0n) is 10.4. The molecule has 94 valence electrons. The highest BCUT2D eigenvalue weighted by Gasteiger charge is 2.08. The summed E-state index contributed by atoms with van der Waals surface area (Å²) in [7, 11) is 1.87. The largest absolute Gasteiger partial charge is 0.373 e. The quantitative estimate of drug-likeness (QED) is 0.826. The maximum atomic E-state index is 4.31. The van der Waals surface area contributed by atoms with Gasteiger partial charge < -0.3 is 10.6 Å². The van der Waals surface area contributed by atoms with Crippen molar-refractivity contribution in [1.29, 1.82) is 0 Å². The summed E-state index contributed by atoms with van der Waals surface area (Å²) in [5.74, 6) is 1.73. The molecule has 2 rings (SSSR count). The fourth-order valence-electron chi connectivity index (χ4n) is 1.74. The third kappa shape index (κ3) is 2.90. The number of hydrogen-bond acceptors (Lipinski definition) is 4. The summed E-state index contributed by atoms with van der Waals surface area (Å²) in [5.41, 5.74) is 2.13. The molecule has 5 heteroatoms. The molecular weight excluding hydrogens is 339 g/mol. The van der Waals surface area contributed by atoms with Crippen LogP contribution in [-0.4, -0.2) is 17.0 Å². The van der Waals surface area contributed by atoms with Gasteiger partial charge in [-0.05, 0) is 53.3 Å². The Balaban J connectivity index is 2.31. The van der Waals surface area contributed by atoms with Gasteiger partial charge in [0.1, 0.15) is 18.0 Å². The highest BCUT2D eigenvalue weighted by atomic mass is 127. The number of benzene rings is 1. The molecule has 0 saturated heterocycles. The SMILES string of the molecule is CCc1c(NC)ncnc1Nc1ccc(I)cc1. The second-order valence-corrected chi connectivity index (χ2v) is 5.03. The van der Waals surface area contributed by atoms with Crippen LogP contribution in [-0.2, 0) is 6.42 Å². The lowest BCUT2D eigenvalue weighted by molar-refractivity contribution is 1.05. The maximum Gasteiger partial charge on any atom is 0.139 e. The molecule has 1 aromatic heterocycles. The van der Waals surface area contributed by atoms with Gasteiger partial charge in [0, 0.05) is 21.9 Å². The molecule has 0 saturated carbocycles. The van der Waals surface area contributed by atoms with Crippen LogP contribution in [0.4, 0.5) is 17.3 Å². The second kappa shape index (κ2) is 5.99. The van der Waals surface area contributed by atoms with Crippen molar-refractivity contribution in [2.24, 2.45) is 0 Å². The monoisotopic (exact) mass is 354 g/mol. The van der Waals surface area contributed by atoms with Gasteiger partial charge in [-0.1, -0.05) is 6.92 Å². The number of nitrogens with one attached hydrogen (secondary N) is 2. The molecule has 0 aliphatic rings. The van der Waals surface area contributed by atoms with E-state index in [9.17, 15) is 0 Å². The number of rotatable bonds is 4. The van der Waals surface area contributed by atoms with Crippen molar-refractivity contribution >= 4 is 39.9 Å². The van der Waals surface area contributed by atoms with Crippen LogP contribution in [0.2, 0.25) is 0 Å². The van der Waals surface area contributed by atoms with E-state index in [4.69, 9.17) is 0 Å². The molecular formula is C13H15IN4. The molecule has 0 atom stereocenters. The van der Waals surface area contributed by atoms with Crippen molar-refractivity contribution in [2.45, 2.75) is 13.3 Å². The maximum absolute atomic E-state index is 4.31. The lowest BCUT2D eigenvalue weighted by Gasteiger charge is -2.12. The van der Waals surface area contributed by atoms with Gasteiger partial charge in [0.2, 0.25) is 0 Å². The molecule has 0 unspecified atom stereocenters. The Morgan fingerprint density at radius 3 is 2.39 bits per heavy atom. The summed E-state index contributed by atoms with van der Waals surface area (Å²) in [6.07, 6.45) is 2.45. The van der Waals surface area contributed by atoms with Crippen molar-refractivity contribution in [3.05, 3.63) is 39.7 Å². The number of hydrogen-bond donors (Lipinski definition) is 2. The van der Waals surface area contributed by atoms with E-state index < -0.39 is 0 Å². The van der Waals surface area contributed by atoms with Crippen LogP contribution in [0.1, 0.15) is 12.5 Å². The second-order valence-electron chi connectivity index (χ2n) is 3.78. The summed E-state index contributed by atoms with van der Waals surface area (Å²) in [6.45, 7) is 2.10. The Morgan fingerprint density at radius 1 is 1.11 bits per heavy atom. The van der Waals surface area contributed by atoms with Gasteiger partial charge in [0.15, 0.2) is 0 Å². The molecule has 0 fully saturated rings. The summed E-state index contributed by atoms with van der Waals surface area (Å²) < 4.78 is 1.22. The van der Waals surface area contributed by atoms with E-state index in [0.29, 0.717) is 0 Å². The van der Waals surface area contributed by atoms with Crippen molar-refractivity contribution in [3.8, 4) is 0 Å². The molecule has 0 amide bonds. The van der Waals surface area contributed by atoms with E-state index in [-0.39, 0.29) is 0 Å². The van der Waals surface area contributed by atoms with Gasteiger partial charge in [0.05, 0.1) is 0 Å². The van der Waals surface area contributed by atoms with Crippen LogP contribution in [0.15, 0.2) is 30.6 Å². The van der Waals surface area contributed by atoms with Crippen LogP contribution in [0.25, 0.3) is 0 Å². The van der Waals surface area contributed by atoms with Crippen molar-refractivity contribution in [1.82, 2.24) is 9.97 Å². The fraction of sp³-hybridized carbons (Fsp3) is 0.231. The number of aromatic nitrogens is 2. The number of halogens is 1. The third-order valence-electron chi connectivity index (χ3n) is 2.64. The minimum atomic E-state index is 0.859. The molecule has 0 spiro atoms. The normalized spacial score (nSPS) is 10.2. The molecule has 1 heterocycles. The molecule has 2 N–H and O–H groups in total. The highest BCUT2D eigenvalue weighted by Crippen LogP contribution is 2.23. The Morgan fingerprint density at radius 2 is 1.78 bits per heavy atom. The number of nitrogens with zero attached hydrogens (tertiary/aromatic N) is 2. The van der Waals surface area contributed by atoms with E-state index in [1.807, 2.05) is 19.2 Å². The summed E-state index contributed by atoms with van der Waals surface area (Å²) in [6, 6.07) is 8.22.